The third-order valence-electron chi connectivity index (χ3n) is 15.3. The Labute approximate surface area is 474 Å². The van der Waals surface area contributed by atoms with Crippen molar-refractivity contribution < 1.29 is 0 Å². The van der Waals surface area contributed by atoms with E-state index in [2.05, 4.69) is 281 Å². The van der Waals surface area contributed by atoms with E-state index in [0.29, 0.717) is 0 Å². The molecule has 0 aliphatic heterocycles. The van der Waals surface area contributed by atoms with Gasteiger partial charge in [0.1, 0.15) is 0 Å². The first-order chi connectivity index (χ1) is 35.9. The number of unbranched alkanes of at least 4 members (excludes halogenated alkanes) is 2. The van der Waals surface area contributed by atoms with Crippen molar-refractivity contribution in [2.75, 3.05) is 0 Å². The normalized spacial score (nSPS) is 11.5. The summed E-state index contributed by atoms with van der Waals surface area (Å²) in [5, 5.41) is 8.01. The number of aryl methyl sites for hydroxylation is 7. The lowest BCUT2D eigenvalue weighted by atomic mass is 9.35. The maximum atomic E-state index is 2.52. The first-order valence-electron chi connectivity index (χ1n) is 29.6. The van der Waals surface area contributed by atoms with Crippen molar-refractivity contribution in [3.05, 3.63) is 194 Å². The van der Waals surface area contributed by atoms with Crippen LogP contribution >= 0.6 is 0 Å². The van der Waals surface area contributed by atoms with Crippen LogP contribution in [-0.2, 0) is 21.7 Å². The van der Waals surface area contributed by atoms with Crippen LogP contribution in [0.5, 0.6) is 0 Å². The second-order valence-corrected chi connectivity index (χ2v) is 25.9. The molecule has 414 valence electrons. The third-order valence-corrected chi connectivity index (χ3v) is 15.3. The molecule has 0 heterocycles. The number of rotatable bonds is 5. The van der Waals surface area contributed by atoms with Crippen molar-refractivity contribution in [3.63, 3.8) is 0 Å². The Balaban J connectivity index is 0.000000372. The molecule has 0 fully saturated rings. The highest BCUT2D eigenvalue weighted by atomic mass is 14.3. The molecule has 0 amide bonds. The molecule has 77 heavy (non-hydrogen) atoms. The predicted octanol–water partition coefficient (Wildman–Crippen LogP) is 21.3. The fourth-order valence-electron chi connectivity index (χ4n) is 10.1. The van der Waals surface area contributed by atoms with Crippen LogP contribution in [0.3, 0.4) is 0 Å². The van der Waals surface area contributed by atoms with Crippen LogP contribution in [0.2, 0.25) is 0 Å². The van der Waals surface area contributed by atoms with Gasteiger partial charge < -0.3 is 0 Å². The van der Waals surface area contributed by atoms with Crippen LogP contribution in [0.1, 0.15) is 216 Å². The van der Waals surface area contributed by atoms with E-state index in [-0.39, 0.29) is 28.4 Å². The van der Waals surface area contributed by atoms with E-state index in [1.165, 1.54) is 140 Å². The van der Waals surface area contributed by atoms with Gasteiger partial charge in [0.2, 0.25) is 6.71 Å². The molecule has 0 saturated heterocycles. The summed E-state index contributed by atoms with van der Waals surface area (Å²) < 4.78 is 0. The van der Waals surface area contributed by atoms with Crippen LogP contribution in [0, 0.1) is 62.3 Å². The molecule has 0 atom stereocenters. The molecule has 0 radical (unpaired) electrons. The summed E-state index contributed by atoms with van der Waals surface area (Å²) in [5.41, 5.74) is 22.7. The Hall–Kier alpha value is -5.40. The van der Waals surface area contributed by atoms with Crippen molar-refractivity contribution >= 4 is 55.4 Å². The first-order valence-corrected chi connectivity index (χ1v) is 29.6. The molecular formula is C76H107B. The summed E-state index contributed by atoms with van der Waals surface area (Å²) in [5.74, 6) is 0. The molecule has 8 aromatic rings. The minimum Gasteiger partial charge on any atom is -0.0683 e. The van der Waals surface area contributed by atoms with Gasteiger partial charge in [-0.1, -0.05) is 293 Å². The highest BCUT2D eigenvalue weighted by Crippen LogP contribution is 2.35. The summed E-state index contributed by atoms with van der Waals surface area (Å²) in [6.07, 6.45) is 4.08. The van der Waals surface area contributed by atoms with Crippen LogP contribution in [-0.4, -0.2) is 6.71 Å². The van der Waals surface area contributed by atoms with Crippen molar-refractivity contribution in [3.8, 4) is 0 Å². The van der Waals surface area contributed by atoms with Gasteiger partial charge in [0.05, 0.1) is 0 Å². The van der Waals surface area contributed by atoms with Crippen LogP contribution in [0.4, 0.5) is 0 Å². The second kappa shape index (κ2) is 28.0. The number of fused-ring (bicyclic) bond motifs is 5. The standard InChI is InChI=1S/C42H45B.C15H24.C10H14.C5H12.2C2H6/c1-26-19-32(20-27(2)29(26)4)43(33-23-30(41(5,6)7)22-31(24-33)42(8,9)10)40-25-39-35-16-12-11-15-34(35)28(3)21-38(39)36-17-13-14-18-37(36)40;1-11-8-12(14(2,3)4)10-13(9-11)15(5,6)7;1-7-5-8(2)10(4)9(3)6-7;1-3-5-4-2;2*1-2/h11-25H,1-10H3;8-10H,1-7H3;5-6H,1-4H3;3-5H2,1-2H3;2*1-2H3. The minimum absolute atomic E-state index is 0.0405. The molecular weight excluding hydrogens is 924 g/mol. The van der Waals surface area contributed by atoms with Gasteiger partial charge in [-0.25, -0.2) is 0 Å². The molecule has 0 aromatic heterocycles. The predicted molar refractivity (Wildman–Crippen MR) is 355 cm³/mol. The highest BCUT2D eigenvalue weighted by molar-refractivity contribution is 6.97. The van der Waals surface area contributed by atoms with Gasteiger partial charge in [0.25, 0.3) is 0 Å². The van der Waals surface area contributed by atoms with Crippen molar-refractivity contribution in [2.45, 2.75) is 228 Å². The lowest BCUT2D eigenvalue weighted by Crippen LogP contribution is -2.53. The van der Waals surface area contributed by atoms with Gasteiger partial charge in [-0.15, -0.1) is 0 Å². The Morgan fingerprint density at radius 1 is 0.312 bits per heavy atom. The van der Waals surface area contributed by atoms with Crippen molar-refractivity contribution in [1.82, 2.24) is 0 Å². The zero-order chi connectivity index (χ0) is 58.5. The van der Waals surface area contributed by atoms with Gasteiger partial charge in [-0.05, 0) is 177 Å². The quantitative estimate of drug-likeness (QED) is 0.119. The smallest absolute Gasteiger partial charge is 0.0683 e. The van der Waals surface area contributed by atoms with Crippen LogP contribution in [0.25, 0.3) is 32.3 Å². The van der Waals surface area contributed by atoms with E-state index >= 15 is 0 Å². The second-order valence-electron chi connectivity index (χ2n) is 25.9. The van der Waals surface area contributed by atoms with Crippen LogP contribution in [0.15, 0.2) is 121 Å². The van der Waals surface area contributed by atoms with Gasteiger partial charge in [0, 0.05) is 0 Å². The molecule has 0 saturated carbocycles. The molecule has 0 bridgehead atoms. The summed E-state index contributed by atoms with van der Waals surface area (Å²) >= 11 is 0. The monoisotopic (exact) mass is 1030 g/mol. The molecule has 8 rings (SSSR count). The zero-order valence-electron chi connectivity index (χ0n) is 54.2. The van der Waals surface area contributed by atoms with Crippen LogP contribution < -0.4 is 16.4 Å². The first kappa shape index (κ1) is 65.9. The largest absolute Gasteiger partial charge is 0.242 e. The van der Waals surface area contributed by atoms with Crippen molar-refractivity contribution in [1.29, 1.82) is 0 Å². The molecule has 8 aromatic carbocycles. The van der Waals surface area contributed by atoms with E-state index in [0.717, 1.165) is 0 Å². The van der Waals surface area contributed by atoms with Gasteiger partial charge in [-0.2, -0.15) is 0 Å². The fraction of sp³-hybridized carbons (Fsp3) is 0.447. The maximum Gasteiger partial charge on any atom is 0.242 e. The fourth-order valence-corrected chi connectivity index (χ4v) is 10.1. The number of hydrogen-bond acceptors (Lipinski definition) is 0. The molecule has 0 spiro atoms. The summed E-state index contributed by atoms with van der Waals surface area (Å²) in [6.45, 7) is 60.0. The lowest BCUT2D eigenvalue weighted by molar-refractivity contribution is 0.567. The molecule has 0 unspecified atom stereocenters. The molecule has 0 aliphatic rings. The van der Waals surface area contributed by atoms with E-state index in [1.807, 2.05) is 27.7 Å². The number of hydrogen-bond donors (Lipinski definition) is 0. The molecule has 0 aliphatic carbocycles. The van der Waals surface area contributed by atoms with Gasteiger partial charge >= 0.3 is 0 Å². The highest BCUT2D eigenvalue weighted by Gasteiger charge is 2.30. The van der Waals surface area contributed by atoms with E-state index in [1.54, 1.807) is 0 Å². The van der Waals surface area contributed by atoms with Gasteiger partial charge in [0.15, 0.2) is 0 Å². The average molecular weight is 1030 g/mol. The Kier molecular flexibility index (Phi) is 23.9. The Morgan fingerprint density at radius 2 is 0.623 bits per heavy atom. The molecule has 0 N–H and O–H groups in total. The van der Waals surface area contributed by atoms with Gasteiger partial charge in [-0.3, -0.25) is 0 Å². The average Bonchev–Trinajstić information content (AvgIpc) is 3.36. The van der Waals surface area contributed by atoms with E-state index in [9.17, 15) is 0 Å². The summed E-state index contributed by atoms with van der Waals surface area (Å²) in [4.78, 5) is 0. The Morgan fingerprint density at radius 3 is 1.00 bits per heavy atom. The summed E-state index contributed by atoms with van der Waals surface area (Å²) in [7, 11) is 0. The topological polar surface area (TPSA) is 0 Å². The molecule has 1 heteroatoms. The Bertz CT molecular complexity index is 3070. The molecule has 0 nitrogen and oxygen atoms in total. The van der Waals surface area contributed by atoms with E-state index < -0.39 is 0 Å². The maximum absolute atomic E-state index is 2.52. The van der Waals surface area contributed by atoms with Crippen molar-refractivity contribution in [2.24, 2.45) is 0 Å². The number of benzene rings is 8. The third kappa shape index (κ3) is 17.3. The summed E-state index contributed by atoms with van der Waals surface area (Å²) in [6, 6.07) is 46.6. The van der Waals surface area contributed by atoms with E-state index in [4.69, 9.17) is 0 Å². The minimum atomic E-state index is 0.0405. The SMILES string of the molecule is CC.CC.CCCCC.Cc1cc(B(c2cc(C(C)(C)C)cc(C(C)(C)C)c2)c2cc3c4ccccc4c(C)cc3c3ccccc23)cc(C)c1C.Cc1cc(C(C)(C)C)cc(C(C)(C)C)c1.Cc1cc(C)c(C)c(C)c1. The lowest BCUT2D eigenvalue weighted by Gasteiger charge is -2.29. The zero-order valence-corrected chi connectivity index (χ0v) is 54.2.